The maximum Gasteiger partial charge on any atom is 0.249 e. The molecule has 2 aromatic heterocycles. The van der Waals surface area contributed by atoms with Crippen molar-refractivity contribution in [1.82, 2.24) is 34.4 Å². The predicted octanol–water partition coefficient (Wildman–Crippen LogP) is 1.87. The first-order chi connectivity index (χ1) is 15.4. The van der Waals surface area contributed by atoms with Crippen molar-refractivity contribution in [3.8, 4) is 11.4 Å². The van der Waals surface area contributed by atoms with Gasteiger partial charge in [-0.2, -0.15) is 9.10 Å². The molecule has 0 radical (unpaired) electrons. The fourth-order valence-electron chi connectivity index (χ4n) is 3.52. The summed E-state index contributed by atoms with van der Waals surface area (Å²) in [5, 5.41) is 13.1. The molecular formula is C20H22ClN7O3S. The van der Waals surface area contributed by atoms with Gasteiger partial charge in [-0.05, 0) is 48.0 Å². The lowest BCUT2D eigenvalue weighted by Crippen LogP contribution is -2.52. The van der Waals surface area contributed by atoms with Gasteiger partial charge < -0.3 is 4.90 Å². The molecule has 10 nitrogen and oxygen atoms in total. The zero-order chi connectivity index (χ0) is 22.7. The summed E-state index contributed by atoms with van der Waals surface area (Å²) in [7, 11) is -3.64. The summed E-state index contributed by atoms with van der Waals surface area (Å²) in [5.41, 5.74) is 0.747. The number of tetrazole rings is 1. The molecule has 1 unspecified atom stereocenters. The van der Waals surface area contributed by atoms with Crippen LogP contribution in [0.1, 0.15) is 19.4 Å². The molecule has 3 heterocycles. The highest BCUT2D eigenvalue weighted by molar-refractivity contribution is 7.89. The van der Waals surface area contributed by atoms with Crippen LogP contribution in [0.15, 0.2) is 53.7 Å². The number of piperazine rings is 1. The Labute approximate surface area is 190 Å². The first kappa shape index (κ1) is 22.3. The second-order valence-electron chi connectivity index (χ2n) is 7.28. The molecule has 1 atom stereocenters. The Morgan fingerprint density at radius 1 is 1.12 bits per heavy atom. The number of nitrogens with zero attached hydrogens (tertiary/aromatic N) is 7. The van der Waals surface area contributed by atoms with Gasteiger partial charge in [-0.15, -0.1) is 10.2 Å². The average Bonchev–Trinajstić information content (AvgIpc) is 3.30. The minimum Gasteiger partial charge on any atom is -0.338 e. The average molecular weight is 476 g/mol. The van der Waals surface area contributed by atoms with Gasteiger partial charge in [0.25, 0.3) is 0 Å². The Bertz CT molecular complexity index is 1180. The van der Waals surface area contributed by atoms with Crippen molar-refractivity contribution in [1.29, 1.82) is 0 Å². The topological polar surface area (TPSA) is 114 Å². The fourth-order valence-corrected chi connectivity index (χ4v) is 5.03. The molecule has 0 saturated carbocycles. The number of amides is 1. The van der Waals surface area contributed by atoms with Crippen molar-refractivity contribution in [2.45, 2.75) is 24.3 Å². The maximum absolute atomic E-state index is 13.1. The molecule has 32 heavy (non-hydrogen) atoms. The summed E-state index contributed by atoms with van der Waals surface area (Å²) >= 11 is 5.92. The van der Waals surface area contributed by atoms with Gasteiger partial charge in [-0.1, -0.05) is 18.5 Å². The standard InChI is InChI=1S/C20H22ClN7O3S/c1-2-18(28-24-19(23-25-28)15-5-7-16(21)8-6-15)20(29)26-10-12-27(13-11-26)32(30,31)17-4-3-9-22-14-17/h3-9,14,18H,2,10-13H2,1H3. The number of carbonyl (C=O) groups excluding carboxylic acids is 1. The number of carbonyl (C=O) groups is 1. The first-order valence-corrected chi connectivity index (χ1v) is 12.0. The number of hydrogen-bond acceptors (Lipinski definition) is 7. The second-order valence-corrected chi connectivity index (χ2v) is 9.66. The molecule has 1 fully saturated rings. The molecule has 1 aromatic carbocycles. The van der Waals surface area contributed by atoms with E-state index in [-0.39, 0.29) is 37.0 Å². The predicted molar refractivity (Wildman–Crippen MR) is 117 cm³/mol. The van der Waals surface area contributed by atoms with Gasteiger partial charge in [0.05, 0.1) is 0 Å². The number of halogens is 1. The van der Waals surface area contributed by atoms with Gasteiger partial charge in [-0.25, -0.2) is 8.42 Å². The molecule has 168 valence electrons. The lowest BCUT2D eigenvalue weighted by atomic mass is 10.2. The Balaban J connectivity index is 1.44. The van der Waals surface area contributed by atoms with Gasteiger partial charge in [0, 0.05) is 49.2 Å². The lowest BCUT2D eigenvalue weighted by Gasteiger charge is -2.35. The number of sulfonamides is 1. The van der Waals surface area contributed by atoms with E-state index in [1.807, 2.05) is 6.92 Å². The maximum atomic E-state index is 13.1. The summed E-state index contributed by atoms with van der Waals surface area (Å²) < 4.78 is 26.9. The third-order valence-electron chi connectivity index (χ3n) is 5.30. The summed E-state index contributed by atoms with van der Waals surface area (Å²) in [6, 6.07) is 9.52. The third-order valence-corrected chi connectivity index (χ3v) is 7.44. The zero-order valence-electron chi connectivity index (χ0n) is 17.4. The summed E-state index contributed by atoms with van der Waals surface area (Å²) in [4.78, 5) is 20.2. The number of rotatable bonds is 6. The number of hydrogen-bond donors (Lipinski definition) is 0. The summed E-state index contributed by atoms with van der Waals surface area (Å²) in [6.45, 7) is 2.86. The molecule has 1 amide bonds. The molecular weight excluding hydrogens is 454 g/mol. The summed E-state index contributed by atoms with van der Waals surface area (Å²) in [5.74, 6) is 0.242. The Kier molecular flexibility index (Phi) is 6.49. The van der Waals surface area contributed by atoms with E-state index < -0.39 is 16.1 Å². The molecule has 12 heteroatoms. The van der Waals surface area contributed by atoms with Crippen molar-refractivity contribution in [3.63, 3.8) is 0 Å². The lowest BCUT2D eigenvalue weighted by molar-refractivity contribution is -0.136. The van der Waals surface area contributed by atoms with E-state index in [0.717, 1.165) is 5.56 Å². The van der Waals surface area contributed by atoms with E-state index in [4.69, 9.17) is 11.6 Å². The minimum absolute atomic E-state index is 0.146. The monoisotopic (exact) mass is 475 g/mol. The SMILES string of the molecule is CCC(C(=O)N1CCN(S(=O)(=O)c2cccnc2)CC1)n1nnc(-c2ccc(Cl)cc2)n1. The molecule has 0 bridgehead atoms. The Morgan fingerprint density at radius 2 is 1.84 bits per heavy atom. The van der Waals surface area contributed by atoms with Crippen LogP contribution >= 0.6 is 11.6 Å². The van der Waals surface area contributed by atoms with Gasteiger partial charge in [0.2, 0.25) is 21.8 Å². The van der Waals surface area contributed by atoms with Crippen molar-refractivity contribution in [2.75, 3.05) is 26.2 Å². The van der Waals surface area contributed by atoms with Crippen LogP contribution in [0.25, 0.3) is 11.4 Å². The largest absolute Gasteiger partial charge is 0.338 e. The van der Waals surface area contributed by atoms with Crippen LogP contribution in [0.2, 0.25) is 5.02 Å². The van der Waals surface area contributed by atoms with E-state index in [9.17, 15) is 13.2 Å². The van der Waals surface area contributed by atoms with Gasteiger partial charge in [0.15, 0.2) is 6.04 Å². The molecule has 0 N–H and O–H groups in total. The number of pyridine rings is 1. The van der Waals surface area contributed by atoms with Crippen LogP contribution in [-0.2, 0) is 14.8 Å². The Morgan fingerprint density at radius 3 is 2.47 bits per heavy atom. The molecule has 0 aliphatic carbocycles. The van der Waals surface area contributed by atoms with Crippen LogP contribution in [0, 0.1) is 0 Å². The quantitative estimate of drug-likeness (QED) is 0.534. The number of benzene rings is 1. The van der Waals surface area contributed by atoms with Crippen LogP contribution in [0.4, 0.5) is 0 Å². The molecule has 1 aliphatic heterocycles. The first-order valence-electron chi connectivity index (χ1n) is 10.1. The summed E-state index contributed by atoms with van der Waals surface area (Å²) in [6.07, 6.45) is 3.33. The molecule has 3 aromatic rings. The number of aromatic nitrogens is 5. The molecule has 1 aliphatic rings. The fraction of sp³-hybridized carbons (Fsp3) is 0.350. The highest BCUT2D eigenvalue weighted by Gasteiger charge is 2.33. The smallest absolute Gasteiger partial charge is 0.249 e. The van der Waals surface area contributed by atoms with E-state index in [2.05, 4.69) is 20.4 Å². The van der Waals surface area contributed by atoms with Crippen LogP contribution in [0.5, 0.6) is 0 Å². The van der Waals surface area contributed by atoms with Crippen LogP contribution in [0.3, 0.4) is 0 Å². The molecule has 0 spiro atoms. The normalized spacial score (nSPS) is 16.1. The highest BCUT2D eigenvalue weighted by atomic mass is 35.5. The van der Waals surface area contributed by atoms with E-state index in [0.29, 0.717) is 17.3 Å². The highest BCUT2D eigenvalue weighted by Crippen LogP contribution is 2.21. The molecule has 4 rings (SSSR count). The van der Waals surface area contributed by atoms with E-state index in [1.54, 1.807) is 35.2 Å². The van der Waals surface area contributed by atoms with Gasteiger partial charge in [0.1, 0.15) is 4.90 Å². The molecule has 1 saturated heterocycles. The van der Waals surface area contributed by atoms with Crippen molar-refractivity contribution >= 4 is 27.5 Å². The van der Waals surface area contributed by atoms with Gasteiger partial charge >= 0.3 is 0 Å². The zero-order valence-corrected chi connectivity index (χ0v) is 18.9. The van der Waals surface area contributed by atoms with Gasteiger partial charge in [-0.3, -0.25) is 9.78 Å². The van der Waals surface area contributed by atoms with E-state index in [1.165, 1.54) is 27.6 Å². The van der Waals surface area contributed by atoms with Crippen molar-refractivity contribution < 1.29 is 13.2 Å². The Hall–Kier alpha value is -2.89. The van der Waals surface area contributed by atoms with Crippen LogP contribution in [-0.4, -0.2) is 74.9 Å². The van der Waals surface area contributed by atoms with E-state index >= 15 is 0 Å². The van der Waals surface area contributed by atoms with Crippen molar-refractivity contribution in [3.05, 3.63) is 53.8 Å². The van der Waals surface area contributed by atoms with Crippen LogP contribution < -0.4 is 0 Å². The minimum atomic E-state index is -3.64. The second kappa shape index (κ2) is 9.31. The third kappa shape index (κ3) is 4.50. The van der Waals surface area contributed by atoms with Crippen molar-refractivity contribution in [2.24, 2.45) is 0 Å².